The number of aryl methyl sites for hydroxylation is 2. The van der Waals surface area contributed by atoms with Crippen molar-refractivity contribution < 1.29 is 4.39 Å². The molecule has 0 aliphatic carbocycles. The van der Waals surface area contributed by atoms with E-state index in [0.717, 1.165) is 43.1 Å². The van der Waals surface area contributed by atoms with Gasteiger partial charge in [-0.2, -0.15) is 5.10 Å². The monoisotopic (exact) mass is 345 g/mol. The minimum absolute atomic E-state index is 0.201. The average molecular weight is 345 g/mol. The van der Waals surface area contributed by atoms with E-state index in [9.17, 15) is 4.39 Å². The van der Waals surface area contributed by atoms with E-state index in [1.54, 1.807) is 0 Å². The van der Waals surface area contributed by atoms with Crippen LogP contribution in [0.3, 0.4) is 0 Å². The highest BCUT2D eigenvalue weighted by Gasteiger charge is 2.08. The number of aliphatic imine (C=N–C) groups is 1. The molecular weight excluding hydrogens is 317 g/mol. The van der Waals surface area contributed by atoms with Crippen LogP contribution < -0.4 is 10.6 Å². The Hall–Kier alpha value is -2.37. The molecule has 2 rings (SSSR count). The van der Waals surface area contributed by atoms with Crippen LogP contribution in [0.5, 0.6) is 0 Å². The van der Waals surface area contributed by atoms with Gasteiger partial charge in [0.25, 0.3) is 0 Å². The molecule has 1 heterocycles. The molecule has 0 amide bonds. The maximum atomic E-state index is 12.9. The number of rotatable bonds is 7. The van der Waals surface area contributed by atoms with Gasteiger partial charge in [-0.3, -0.25) is 9.67 Å². The van der Waals surface area contributed by atoms with Gasteiger partial charge in [-0.1, -0.05) is 12.1 Å². The smallest absolute Gasteiger partial charge is 0.191 e. The molecule has 0 aliphatic rings. The average Bonchev–Trinajstić information content (AvgIpc) is 2.82. The lowest BCUT2D eigenvalue weighted by Gasteiger charge is -2.11. The van der Waals surface area contributed by atoms with Gasteiger partial charge >= 0.3 is 0 Å². The second-order valence-electron chi connectivity index (χ2n) is 6.09. The molecule has 0 fully saturated rings. The van der Waals surface area contributed by atoms with Crippen molar-refractivity contribution >= 4 is 5.96 Å². The Morgan fingerprint density at radius 2 is 1.88 bits per heavy atom. The minimum atomic E-state index is -0.201. The van der Waals surface area contributed by atoms with Crippen LogP contribution in [0.2, 0.25) is 0 Å². The summed E-state index contributed by atoms with van der Waals surface area (Å²) in [6.45, 7) is 8.45. The summed E-state index contributed by atoms with van der Waals surface area (Å²) < 4.78 is 14.8. The summed E-state index contributed by atoms with van der Waals surface area (Å²) in [4.78, 5) is 4.64. The van der Waals surface area contributed by atoms with Crippen LogP contribution in [-0.2, 0) is 19.9 Å². The molecule has 0 spiro atoms. The Kier molecular flexibility index (Phi) is 6.98. The van der Waals surface area contributed by atoms with E-state index in [0.29, 0.717) is 6.54 Å². The summed E-state index contributed by atoms with van der Waals surface area (Å²) >= 11 is 0. The number of guanidine groups is 1. The Bertz CT molecular complexity index is 703. The van der Waals surface area contributed by atoms with E-state index in [1.807, 2.05) is 37.7 Å². The first-order valence-electron chi connectivity index (χ1n) is 8.77. The van der Waals surface area contributed by atoms with Crippen molar-refractivity contribution in [1.82, 2.24) is 20.4 Å². The molecule has 0 bridgehead atoms. The number of benzene rings is 1. The van der Waals surface area contributed by atoms with Gasteiger partial charge in [0.15, 0.2) is 5.96 Å². The van der Waals surface area contributed by atoms with E-state index in [-0.39, 0.29) is 5.82 Å². The molecule has 2 N–H and O–H groups in total. The zero-order valence-corrected chi connectivity index (χ0v) is 15.6. The Morgan fingerprint density at radius 3 is 2.48 bits per heavy atom. The lowest BCUT2D eigenvalue weighted by atomic mass is 10.1. The number of hydrogen-bond donors (Lipinski definition) is 2. The van der Waals surface area contributed by atoms with Gasteiger partial charge < -0.3 is 10.6 Å². The van der Waals surface area contributed by atoms with Crippen molar-refractivity contribution in [2.75, 3.05) is 19.6 Å². The first-order chi connectivity index (χ1) is 12.0. The number of aromatic nitrogens is 2. The van der Waals surface area contributed by atoms with E-state index < -0.39 is 0 Å². The minimum Gasteiger partial charge on any atom is -0.357 e. The second-order valence-corrected chi connectivity index (χ2v) is 6.09. The third kappa shape index (κ3) is 5.59. The zero-order valence-electron chi connectivity index (χ0n) is 15.6. The van der Waals surface area contributed by atoms with Crippen molar-refractivity contribution in [3.05, 3.63) is 52.6 Å². The summed E-state index contributed by atoms with van der Waals surface area (Å²) in [5, 5.41) is 11.0. The summed E-state index contributed by atoms with van der Waals surface area (Å²) in [5.74, 6) is 0.608. The standard InChI is InChI=1S/C19H28FN5/c1-5-21-19(22-12-10-16-6-8-17(20)9-7-16)23-13-11-18-14(2)24-25(4)15(18)3/h6-9H,5,10-13H2,1-4H3,(H2,21,22,23). The number of nitrogens with zero attached hydrogens (tertiary/aromatic N) is 3. The van der Waals surface area contributed by atoms with E-state index >= 15 is 0 Å². The van der Waals surface area contributed by atoms with Crippen molar-refractivity contribution in [2.45, 2.75) is 33.6 Å². The van der Waals surface area contributed by atoms with Crippen molar-refractivity contribution in [2.24, 2.45) is 12.0 Å². The Morgan fingerprint density at radius 1 is 1.16 bits per heavy atom. The molecule has 1 aromatic heterocycles. The molecule has 136 valence electrons. The van der Waals surface area contributed by atoms with Crippen molar-refractivity contribution in [1.29, 1.82) is 0 Å². The molecule has 25 heavy (non-hydrogen) atoms. The maximum Gasteiger partial charge on any atom is 0.191 e. The lowest BCUT2D eigenvalue weighted by molar-refractivity contribution is 0.626. The topological polar surface area (TPSA) is 54.2 Å². The third-order valence-corrected chi connectivity index (χ3v) is 4.25. The van der Waals surface area contributed by atoms with Gasteiger partial charge in [0.05, 0.1) is 5.69 Å². The fourth-order valence-corrected chi connectivity index (χ4v) is 2.78. The van der Waals surface area contributed by atoms with Gasteiger partial charge in [0.1, 0.15) is 5.82 Å². The molecule has 1 aromatic carbocycles. The molecular formula is C19H28FN5. The molecule has 5 nitrogen and oxygen atoms in total. The fourth-order valence-electron chi connectivity index (χ4n) is 2.78. The van der Waals surface area contributed by atoms with Gasteiger partial charge in [-0.05, 0) is 56.9 Å². The molecule has 2 aromatic rings. The van der Waals surface area contributed by atoms with Crippen LogP contribution in [0.4, 0.5) is 4.39 Å². The van der Waals surface area contributed by atoms with Crippen molar-refractivity contribution in [3.63, 3.8) is 0 Å². The molecule has 0 saturated carbocycles. The normalized spacial score (nSPS) is 11.6. The van der Waals surface area contributed by atoms with Crippen LogP contribution in [0.15, 0.2) is 29.3 Å². The number of nitrogens with one attached hydrogen (secondary N) is 2. The fraction of sp³-hybridized carbons (Fsp3) is 0.474. The van der Waals surface area contributed by atoms with E-state index in [4.69, 9.17) is 0 Å². The molecule has 0 saturated heterocycles. The van der Waals surface area contributed by atoms with Crippen molar-refractivity contribution in [3.8, 4) is 0 Å². The maximum absolute atomic E-state index is 12.9. The van der Waals surface area contributed by atoms with Crippen LogP contribution in [-0.4, -0.2) is 35.4 Å². The van der Waals surface area contributed by atoms with Crippen LogP contribution in [0.25, 0.3) is 0 Å². The van der Waals surface area contributed by atoms with Gasteiger partial charge in [0, 0.05) is 32.4 Å². The van der Waals surface area contributed by atoms with E-state index in [2.05, 4.69) is 27.6 Å². The summed E-state index contributed by atoms with van der Waals surface area (Å²) in [6, 6.07) is 6.62. The number of halogens is 1. The van der Waals surface area contributed by atoms with Crippen LogP contribution >= 0.6 is 0 Å². The Balaban J connectivity index is 1.86. The summed E-state index contributed by atoms with van der Waals surface area (Å²) in [7, 11) is 1.97. The van der Waals surface area contributed by atoms with Crippen LogP contribution in [0, 0.1) is 19.7 Å². The van der Waals surface area contributed by atoms with Gasteiger partial charge in [-0.15, -0.1) is 0 Å². The highest BCUT2D eigenvalue weighted by Crippen LogP contribution is 2.12. The third-order valence-electron chi connectivity index (χ3n) is 4.25. The summed E-state index contributed by atoms with van der Waals surface area (Å²) in [5.41, 5.74) is 4.64. The lowest BCUT2D eigenvalue weighted by Crippen LogP contribution is -2.38. The number of hydrogen-bond acceptors (Lipinski definition) is 2. The SMILES string of the molecule is CCNC(=NCCc1c(C)nn(C)c1C)NCCc1ccc(F)cc1. The predicted molar refractivity (Wildman–Crippen MR) is 100 cm³/mol. The predicted octanol–water partition coefficient (Wildman–Crippen LogP) is 2.52. The highest BCUT2D eigenvalue weighted by molar-refractivity contribution is 5.79. The molecule has 6 heteroatoms. The largest absolute Gasteiger partial charge is 0.357 e. The quantitative estimate of drug-likeness (QED) is 0.599. The molecule has 0 radical (unpaired) electrons. The first kappa shape index (κ1) is 19.0. The van der Waals surface area contributed by atoms with Crippen LogP contribution in [0.1, 0.15) is 29.4 Å². The van der Waals surface area contributed by atoms with Gasteiger partial charge in [-0.25, -0.2) is 4.39 Å². The highest BCUT2D eigenvalue weighted by atomic mass is 19.1. The zero-order chi connectivity index (χ0) is 18.2. The molecule has 0 aliphatic heterocycles. The summed E-state index contributed by atoms with van der Waals surface area (Å²) in [6.07, 6.45) is 1.70. The van der Waals surface area contributed by atoms with E-state index in [1.165, 1.54) is 23.4 Å². The Labute approximate surface area is 149 Å². The molecule has 0 atom stereocenters. The first-order valence-corrected chi connectivity index (χ1v) is 8.77. The molecule has 0 unspecified atom stereocenters. The van der Waals surface area contributed by atoms with Gasteiger partial charge in [0.2, 0.25) is 0 Å². The second kappa shape index (κ2) is 9.20.